The lowest BCUT2D eigenvalue weighted by Gasteiger charge is -2.39. The van der Waals surface area contributed by atoms with Gasteiger partial charge in [0.2, 0.25) is 0 Å². The average Bonchev–Trinajstić information content (AvgIpc) is 2.48. The van der Waals surface area contributed by atoms with Crippen molar-refractivity contribution >= 4 is 5.69 Å². The Morgan fingerprint density at radius 1 is 1.19 bits per heavy atom. The highest BCUT2D eigenvalue weighted by atomic mass is 19.1. The van der Waals surface area contributed by atoms with Crippen molar-refractivity contribution in [1.82, 2.24) is 10.2 Å². The molecule has 1 fully saturated rings. The van der Waals surface area contributed by atoms with E-state index in [2.05, 4.69) is 35.9 Å². The van der Waals surface area contributed by atoms with Gasteiger partial charge in [0.25, 0.3) is 0 Å². The summed E-state index contributed by atoms with van der Waals surface area (Å²) in [5.41, 5.74) is 1.87. The summed E-state index contributed by atoms with van der Waals surface area (Å²) in [7, 11) is 0. The van der Waals surface area contributed by atoms with Crippen LogP contribution in [0.4, 0.5) is 10.1 Å². The number of anilines is 1. The molecule has 1 N–H and O–H groups in total. The van der Waals surface area contributed by atoms with Crippen LogP contribution in [-0.4, -0.2) is 43.7 Å². The van der Waals surface area contributed by atoms with E-state index in [0.29, 0.717) is 6.04 Å². The van der Waals surface area contributed by atoms with Gasteiger partial charge in [-0.15, -0.1) is 0 Å². The second-order valence-electron chi connectivity index (χ2n) is 6.04. The first kappa shape index (κ1) is 16.2. The lowest BCUT2D eigenvalue weighted by molar-refractivity contribution is 0.209. The van der Waals surface area contributed by atoms with Gasteiger partial charge in [0.05, 0.1) is 5.69 Å². The van der Waals surface area contributed by atoms with Gasteiger partial charge in [-0.2, -0.15) is 0 Å². The molecule has 0 saturated carbocycles. The van der Waals surface area contributed by atoms with Crippen LogP contribution in [0.25, 0.3) is 0 Å². The fourth-order valence-electron chi connectivity index (χ4n) is 2.92. The van der Waals surface area contributed by atoms with Gasteiger partial charge >= 0.3 is 0 Å². The van der Waals surface area contributed by atoms with E-state index in [1.165, 1.54) is 0 Å². The monoisotopic (exact) mass is 293 g/mol. The number of hydrogen-bond acceptors (Lipinski definition) is 3. The maximum atomic E-state index is 14.3. The number of benzene rings is 1. The molecule has 0 bridgehead atoms. The number of halogens is 1. The number of para-hydroxylation sites is 1. The number of piperazine rings is 1. The smallest absolute Gasteiger partial charge is 0.146 e. The van der Waals surface area contributed by atoms with E-state index >= 15 is 0 Å². The van der Waals surface area contributed by atoms with E-state index in [1.807, 2.05) is 12.1 Å². The number of hydrogen-bond donors (Lipinski definition) is 1. The highest BCUT2D eigenvalue weighted by molar-refractivity contribution is 5.55. The van der Waals surface area contributed by atoms with Crippen LogP contribution in [0.15, 0.2) is 18.2 Å². The summed E-state index contributed by atoms with van der Waals surface area (Å²) < 4.78 is 14.3. The van der Waals surface area contributed by atoms with Gasteiger partial charge in [-0.05, 0) is 38.4 Å². The molecular weight excluding hydrogens is 265 g/mol. The third kappa shape index (κ3) is 4.17. The molecule has 0 aromatic heterocycles. The molecule has 118 valence electrons. The maximum Gasteiger partial charge on any atom is 0.146 e. The van der Waals surface area contributed by atoms with Crippen LogP contribution >= 0.6 is 0 Å². The Labute approximate surface area is 128 Å². The van der Waals surface area contributed by atoms with Crippen molar-refractivity contribution in [2.45, 2.75) is 39.8 Å². The van der Waals surface area contributed by atoms with Crippen molar-refractivity contribution in [2.24, 2.45) is 0 Å². The minimum Gasteiger partial charge on any atom is -0.366 e. The number of nitrogens with zero attached hydrogens (tertiary/aromatic N) is 2. The minimum absolute atomic E-state index is 0.0937. The molecule has 1 aromatic carbocycles. The van der Waals surface area contributed by atoms with Crippen LogP contribution in [0.2, 0.25) is 0 Å². The molecule has 0 spiro atoms. The minimum atomic E-state index is -0.0937. The Kier molecular flexibility index (Phi) is 6.00. The van der Waals surface area contributed by atoms with E-state index in [9.17, 15) is 4.39 Å². The SMILES string of the molecule is CCCNCc1cccc(F)c1N1CCN(C(C)C)CC1. The summed E-state index contributed by atoms with van der Waals surface area (Å²) in [5.74, 6) is -0.0937. The first-order valence-corrected chi connectivity index (χ1v) is 8.10. The van der Waals surface area contributed by atoms with Gasteiger partial charge in [-0.3, -0.25) is 4.90 Å². The Morgan fingerprint density at radius 3 is 2.52 bits per heavy atom. The summed E-state index contributed by atoms with van der Waals surface area (Å²) in [5, 5.41) is 3.38. The number of nitrogens with one attached hydrogen (secondary N) is 1. The molecular formula is C17H28FN3. The van der Waals surface area contributed by atoms with E-state index < -0.39 is 0 Å². The molecule has 1 aliphatic heterocycles. The zero-order valence-electron chi connectivity index (χ0n) is 13.5. The van der Waals surface area contributed by atoms with Crippen molar-refractivity contribution in [3.05, 3.63) is 29.6 Å². The Hall–Kier alpha value is -1.13. The van der Waals surface area contributed by atoms with E-state index in [1.54, 1.807) is 6.07 Å². The van der Waals surface area contributed by atoms with Gasteiger partial charge in [0.15, 0.2) is 0 Å². The van der Waals surface area contributed by atoms with Crippen molar-refractivity contribution in [3.63, 3.8) is 0 Å². The third-order valence-corrected chi connectivity index (χ3v) is 4.17. The Bertz CT molecular complexity index is 440. The molecule has 0 radical (unpaired) electrons. The highest BCUT2D eigenvalue weighted by Gasteiger charge is 2.22. The first-order valence-electron chi connectivity index (χ1n) is 8.10. The quantitative estimate of drug-likeness (QED) is 0.814. The summed E-state index contributed by atoms with van der Waals surface area (Å²) in [4.78, 5) is 4.66. The normalized spacial score (nSPS) is 16.7. The molecule has 3 nitrogen and oxygen atoms in total. The third-order valence-electron chi connectivity index (χ3n) is 4.17. The lowest BCUT2D eigenvalue weighted by atomic mass is 10.1. The molecule has 0 atom stereocenters. The Morgan fingerprint density at radius 2 is 1.90 bits per heavy atom. The summed E-state index contributed by atoms with van der Waals surface area (Å²) in [6.07, 6.45) is 1.09. The zero-order valence-corrected chi connectivity index (χ0v) is 13.5. The molecule has 0 amide bonds. The first-order chi connectivity index (χ1) is 10.1. The molecule has 1 heterocycles. The Balaban J connectivity index is 2.08. The molecule has 1 aromatic rings. The van der Waals surface area contributed by atoms with Gasteiger partial charge in [0, 0.05) is 38.8 Å². The van der Waals surface area contributed by atoms with Crippen LogP contribution in [0, 0.1) is 5.82 Å². The second-order valence-corrected chi connectivity index (χ2v) is 6.04. The predicted molar refractivity (Wildman–Crippen MR) is 87.3 cm³/mol. The van der Waals surface area contributed by atoms with Crippen molar-refractivity contribution < 1.29 is 4.39 Å². The fraction of sp³-hybridized carbons (Fsp3) is 0.647. The summed E-state index contributed by atoms with van der Waals surface area (Å²) >= 11 is 0. The van der Waals surface area contributed by atoms with Crippen LogP contribution in [0.5, 0.6) is 0 Å². The van der Waals surface area contributed by atoms with Crippen LogP contribution < -0.4 is 10.2 Å². The molecule has 0 aliphatic carbocycles. The summed E-state index contributed by atoms with van der Waals surface area (Å²) in [6, 6.07) is 5.99. The van der Waals surface area contributed by atoms with E-state index in [-0.39, 0.29) is 5.82 Å². The molecule has 1 aliphatic rings. The largest absolute Gasteiger partial charge is 0.366 e. The van der Waals surface area contributed by atoms with Gasteiger partial charge in [0.1, 0.15) is 5.82 Å². The maximum absolute atomic E-state index is 14.3. The topological polar surface area (TPSA) is 18.5 Å². The summed E-state index contributed by atoms with van der Waals surface area (Å²) in [6.45, 7) is 12.1. The molecule has 21 heavy (non-hydrogen) atoms. The highest BCUT2D eigenvalue weighted by Crippen LogP contribution is 2.26. The molecule has 2 rings (SSSR count). The number of rotatable bonds is 6. The van der Waals surface area contributed by atoms with E-state index in [4.69, 9.17) is 0 Å². The molecule has 1 saturated heterocycles. The van der Waals surface area contributed by atoms with Crippen LogP contribution in [-0.2, 0) is 6.54 Å². The lowest BCUT2D eigenvalue weighted by Crippen LogP contribution is -2.49. The predicted octanol–water partition coefficient (Wildman–Crippen LogP) is 2.86. The van der Waals surface area contributed by atoms with Gasteiger partial charge in [-0.1, -0.05) is 19.1 Å². The van der Waals surface area contributed by atoms with Crippen molar-refractivity contribution in [3.8, 4) is 0 Å². The fourth-order valence-corrected chi connectivity index (χ4v) is 2.92. The second kappa shape index (κ2) is 7.76. The van der Waals surface area contributed by atoms with Crippen molar-refractivity contribution in [2.75, 3.05) is 37.6 Å². The van der Waals surface area contributed by atoms with Crippen LogP contribution in [0.3, 0.4) is 0 Å². The molecule has 4 heteroatoms. The zero-order chi connectivity index (χ0) is 15.2. The van der Waals surface area contributed by atoms with E-state index in [0.717, 1.165) is 56.9 Å². The van der Waals surface area contributed by atoms with Crippen molar-refractivity contribution in [1.29, 1.82) is 0 Å². The average molecular weight is 293 g/mol. The van der Waals surface area contributed by atoms with Gasteiger partial charge < -0.3 is 10.2 Å². The van der Waals surface area contributed by atoms with Gasteiger partial charge in [-0.25, -0.2) is 4.39 Å². The van der Waals surface area contributed by atoms with Crippen LogP contribution in [0.1, 0.15) is 32.8 Å². The standard InChI is InChI=1S/C17H28FN3/c1-4-8-19-13-15-6-5-7-16(18)17(15)21-11-9-20(10-12-21)14(2)3/h5-7,14,19H,4,8-13H2,1-3H3. The molecule has 0 unspecified atom stereocenters.